The van der Waals surface area contributed by atoms with Crippen molar-refractivity contribution in [3.63, 3.8) is 0 Å². The molecule has 1 heterocycles. The first-order valence-corrected chi connectivity index (χ1v) is 10.4. The van der Waals surface area contributed by atoms with Crippen molar-refractivity contribution in [2.24, 2.45) is 12.2 Å². The van der Waals surface area contributed by atoms with E-state index < -0.39 is 6.36 Å². The number of oxime groups is 1. The van der Waals surface area contributed by atoms with E-state index >= 15 is 0 Å². The molecule has 1 N–H and O–H groups in total. The highest BCUT2D eigenvalue weighted by molar-refractivity contribution is 9.10. The second kappa shape index (κ2) is 10.0. The minimum absolute atomic E-state index is 0.138. The number of ether oxygens (including phenoxy) is 1. The molecular weight excluding hydrogens is 489 g/mol. The number of aromatic nitrogens is 1. The standard InChI is InChI=1S/C23H20BrF3N2O3/c1-29-14-17(6-11-22(29)30)21(28-31)13-18(16-4-7-19(24)8-5-16)12-15-2-9-20(10-3-15)32-23(25,26)27/h2-11,14,18,31H,12-13H2,1H3. The molecule has 0 radical (unpaired) electrons. The molecule has 9 heteroatoms. The predicted molar refractivity (Wildman–Crippen MR) is 118 cm³/mol. The van der Waals surface area contributed by atoms with Gasteiger partial charge < -0.3 is 14.5 Å². The van der Waals surface area contributed by atoms with Crippen LogP contribution in [0.5, 0.6) is 5.75 Å². The van der Waals surface area contributed by atoms with Crippen LogP contribution in [-0.4, -0.2) is 21.8 Å². The Morgan fingerprint density at radius 2 is 1.75 bits per heavy atom. The number of aryl methyl sites for hydroxylation is 1. The first-order valence-electron chi connectivity index (χ1n) is 9.63. The second-order valence-corrected chi connectivity index (χ2v) is 8.18. The maximum atomic E-state index is 12.4. The van der Waals surface area contributed by atoms with E-state index in [-0.39, 0.29) is 17.2 Å². The van der Waals surface area contributed by atoms with Crippen molar-refractivity contribution >= 4 is 21.6 Å². The third-order valence-corrected chi connectivity index (χ3v) is 5.49. The molecule has 0 saturated carbocycles. The molecule has 0 aliphatic rings. The van der Waals surface area contributed by atoms with E-state index in [2.05, 4.69) is 25.8 Å². The van der Waals surface area contributed by atoms with Crippen molar-refractivity contribution in [2.75, 3.05) is 0 Å². The number of halogens is 4. The zero-order valence-electron chi connectivity index (χ0n) is 17.0. The lowest BCUT2D eigenvalue weighted by atomic mass is 9.86. The summed E-state index contributed by atoms with van der Waals surface area (Å²) in [5, 5.41) is 13.1. The minimum Gasteiger partial charge on any atom is -0.411 e. The first-order chi connectivity index (χ1) is 15.1. The Bertz CT molecular complexity index is 1140. The lowest BCUT2D eigenvalue weighted by molar-refractivity contribution is -0.274. The quantitative estimate of drug-likeness (QED) is 0.255. The number of benzene rings is 2. The molecule has 5 nitrogen and oxygen atoms in total. The smallest absolute Gasteiger partial charge is 0.411 e. The normalized spacial score (nSPS) is 13.1. The van der Waals surface area contributed by atoms with E-state index in [0.29, 0.717) is 24.1 Å². The molecule has 2 aromatic carbocycles. The fraction of sp³-hybridized carbons (Fsp3) is 0.217. The molecule has 0 spiro atoms. The van der Waals surface area contributed by atoms with Gasteiger partial charge >= 0.3 is 6.36 Å². The Balaban J connectivity index is 1.87. The highest BCUT2D eigenvalue weighted by Crippen LogP contribution is 2.29. The third kappa shape index (κ3) is 6.46. The highest BCUT2D eigenvalue weighted by Gasteiger charge is 2.31. The van der Waals surface area contributed by atoms with Gasteiger partial charge in [-0.05, 0) is 53.8 Å². The van der Waals surface area contributed by atoms with E-state index in [9.17, 15) is 23.2 Å². The van der Waals surface area contributed by atoms with Gasteiger partial charge in [0.05, 0.1) is 5.71 Å². The minimum atomic E-state index is -4.75. The largest absolute Gasteiger partial charge is 0.573 e. The van der Waals surface area contributed by atoms with Gasteiger partial charge in [-0.3, -0.25) is 4.79 Å². The monoisotopic (exact) mass is 508 g/mol. The van der Waals surface area contributed by atoms with Crippen LogP contribution in [0.1, 0.15) is 29.0 Å². The summed E-state index contributed by atoms with van der Waals surface area (Å²) in [6.45, 7) is 0. The summed E-state index contributed by atoms with van der Waals surface area (Å²) < 4.78 is 43.5. The molecule has 0 bridgehead atoms. The van der Waals surface area contributed by atoms with Gasteiger partial charge in [0.2, 0.25) is 5.56 Å². The summed E-state index contributed by atoms with van der Waals surface area (Å²) >= 11 is 3.41. The summed E-state index contributed by atoms with van der Waals surface area (Å²) in [5.74, 6) is -0.426. The maximum absolute atomic E-state index is 12.4. The number of rotatable bonds is 7. The van der Waals surface area contributed by atoms with E-state index in [4.69, 9.17) is 0 Å². The molecule has 0 aliphatic heterocycles. The van der Waals surface area contributed by atoms with Crippen molar-refractivity contribution in [1.82, 2.24) is 4.57 Å². The zero-order chi connectivity index (χ0) is 23.3. The average Bonchev–Trinajstić information content (AvgIpc) is 2.74. The van der Waals surface area contributed by atoms with Crippen LogP contribution in [0.15, 0.2) is 81.3 Å². The highest BCUT2D eigenvalue weighted by atomic mass is 79.9. The van der Waals surface area contributed by atoms with Gasteiger partial charge in [-0.1, -0.05) is 45.4 Å². The van der Waals surface area contributed by atoms with E-state index in [1.807, 2.05) is 24.3 Å². The molecular formula is C23H20BrF3N2O3. The molecule has 3 rings (SSSR count). The van der Waals surface area contributed by atoms with Gasteiger partial charge in [-0.25, -0.2) is 0 Å². The summed E-state index contributed by atoms with van der Waals surface area (Å²) in [4.78, 5) is 11.7. The van der Waals surface area contributed by atoms with Crippen LogP contribution in [-0.2, 0) is 13.5 Å². The lowest BCUT2D eigenvalue weighted by Gasteiger charge is -2.19. The van der Waals surface area contributed by atoms with Crippen LogP contribution in [0.3, 0.4) is 0 Å². The van der Waals surface area contributed by atoms with Gasteiger partial charge in [-0.2, -0.15) is 0 Å². The SMILES string of the molecule is Cn1cc(C(CC(Cc2ccc(OC(F)(F)F)cc2)c2ccc(Br)cc2)=NO)ccc1=O. The van der Waals surface area contributed by atoms with Crippen LogP contribution < -0.4 is 10.3 Å². The number of hydrogen-bond acceptors (Lipinski definition) is 4. The van der Waals surface area contributed by atoms with Crippen LogP contribution in [0, 0.1) is 0 Å². The van der Waals surface area contributed by atoms with Crippen molar-refractivity contribution in [1.29, 1.82) is 0 Å². The van der Waals surface area contributed by atoms with Crippen LogP contribution in [0.25, 0.3) is 0 Å². The zero-order valence-corrected chi connectivity index (χ0v) is 18.6. The number of pyridine rings is 1. The number of hydrogen-bond donors (Lipinski definition) is 1. The van der Waals surface area contributed by atoms with Gasteiger partial charge in [-0.15, -0.1) is 13.2 Å². The molecule has 3 aromatic rings. The van der Waals surface area contributed by atoms with Gasteiger partial charge in [0.1, 0.15) is 5.75 Å². The topological polar surface area (TPSA) is 63.8 Å². The Morgan fingerprint density at radius 3 is 2.31 bits per heavy atom. The van der Waals surface area contributed by atoms with Crippen molar-refractivity contribution in [3.8, 4) is 5.75 Å². The molecule has 0 aliphatic carbocycles. The van der Waals surface area contributed by atoms with E-state index in [1.54, 1.807) is 31.4 Å². The maximum Gasteiger partial charge on any atom is 0.573 e. The Morgan fingerprint density at radius 1 is 1.09 bits per heavy atom. The lowest BCUT2D eigenvalue weighted by Crippen LogP contribution is -2.18. The number of nitrogens with zero attached hydrogens (tertiary/aromatic N) is 2. The summed E-state index contributed by atoms with van der Waals surface area (Å²) in [6.07, 6.45) is -2.32. The van der Waals surface area contributed by atoms with E-state index in [0.717, 1.165) is 15.6 Å². The summed E-state index contributed by atoms with van der Waals surface area (Å²) in [6, 6.07) is 16.4. The molecule has 0 saturated heterocycles. The Labute approximate surface area is 190 Å². The number of alkyl halides is 3. The third-order valence-electron chi connectivity index (χ3n) is 4.96. The van der Waals surface area contributed by atoms with Gasteiger partial charge in [0.25, 0.3) is 0 Å². The molecule has 168 valence electrons. The van der Waals surface area contributed by atoms with Crippen molar-refractivity contribution < 1.29 is 23.1 Å². The Kier molecular flexibility index (Phi) is 7.40. The summed E-state index contributed by atoms with van der Waals surface area (Å²) in [7, 11) is 1.61. The predicted octanol–water partition coefficient (Wildman–Crippen LogP) is 5.64. The van der Waals surface area contributed by atoms with Crippen LogP contribution >= 0.6 is 15.9 Å². The molecule has 1 atom stereocenters. The molecule has 0 amide bonds. The fourth-order valence-electron chi connectivity index (χ4n) is 3.37. The van der Waals surface area contributed by atoms with E-state index in [1.165, 1.54) is 22.8 Å². The Hall–Kier alpha value is -3.07. The molecule has 1 unspecified atom stereocenters. The molecule has 0 fully saturated rings. The van der Waals surface area contributed by atoms with Crippen LogP contribution in [0.4, 0.5) is 13.2 Å². The fourth-order valence-corrected chi connectivity index (χ4v) is 3.63. The summed E-state index contributed by atoms with van der Waals surface area (Å²) in [5.41, 5.74) is 2.58. The average molecular weight is 509 g/mol. The van der Waals surface area contributed by atoms with Crippen LogP contribution in [0.2, 0.25) is 0 Å². The molecule has 32 heavy (non-hydrogen) atoms. The van der Waals surface area contributed by atoms with Crippen molar-refractivity contribution in [3.05, 3.63) is 98.4 Å². The van der Waals surface area contributed by atoms with Gasteiger partial charge in [0.15, 0.2) is 0 Å². The van der Waals surface area contributed by atoms with Crippen molar-refractivity contribution in [2.45, 2.75) is 25.1 Å². The first kappa shape index (κ1) is 23.6. The molecule has 1 aromatic heterocycles. The second-order valence-electron chi connectivity index (χ2n) is 7.26. The van der Waals surface area contributed by atoms with Gasteiger partial charge in [0, 0.05) is 35.8 Å².